The second kappa shape index (κ2) is 9.03. The van der Waals surface area contributed by atoms with E-state index in [2.05, 4.69) is 10.3 Å². The van der Waals surface area contributed by atoms with E-state index in [4.69, 9.17) is 0 Å². The SMILES string of the molecule is CN(C)C(=O)Cc1ccccc1NC(=O)N(C)CCCc1nccn1C. The Morgan fingerprint density at radius 1 is 1.19 bits per heavy atom. The number of amides is 3. The summed E-state index contributed by atoms with van der Waals surface area (Å²) in [4.78, 5) is 31.9. The van der Waals surface area contributed by atoms with E-state index in [9.17, 15) is 9.59 Å². The van der Waals surface area contributed by atoms with Gasteiger partial charge in [0, 0.05) is 59.2 Å². The molecule has 1 heterocycles. The largest absolute Gasteiger partial charge is 0.349 e. The molecule has 0 bridgehead atoms. The second-order valence-corrected chi connectivity index (χ2v) is 6.53. The Balaban J connectivity index is 1.90. The summed E-state index contributed by atoms with van der Waals surface area (Å²) in [5, 5.41) is 2.91. The molecule has 1 aromatic heterocycles. The maximum absolute atomic E-state index is 12.4. The smallest absolute Gasteiger partial charge is 0.321 e. The summed E-state index contributed by atoms with van der Waals surface area (Å²) >= 11 is 0. The number of carbonyl (C=O) groups excluding carboxylic acids is 2. The van der Waals surface area contributed by atoms with Crippen molar-refractivity contribution in [3.8, 4) is 0 Å². The number of hydrogen-bond acceptors (Lipinski definition) is 3. The zero-order valence-electron chi connectivity index (χ0n) is 15.9. The van der Waals surface area contributed by atoms with Gasteiger partial charge in [-0.2, -0.15) is 0 Å². The fourth-order valence-corrected chi connectivity index (χ4v) is 2.54. The van der Waals surface area contributed by atoms with Gasteiger partial charge in [-0.3, -0.25) is 4.79 Å². The maximum Gasteiger partial charge on any atom is 0.321 e. The number of hydrogen-bond donors (Lipinski definition) is 1. The first-order valence-corrected chi connectivity index (χ1v) is 8.65. The molecule has 0 fully saturated rings. The average molecular weight is 357 g/mol. The van der Waals surface area contributed by atoms with Crippen LogP contribution in [0.25, 0.3) is 0 Å². The highest BCUT2D eigenvalue weighted by Gasteiger charge is 2.14. The normalized spacial score (nSPS) is 10.5. The molecule has 3 amide bonds. The van der Waals surface area contributed by atoms with E-state index < -0.39 is 0 Å². The number of carbonyl (C=O) groups is 2. The van der Waals surface area contributed by atoms with Crippen LogP contribution in [0.15, 0.2) is 36.7 Å². The van der Waals surface area contributed by atoms with Crippen molar-refractivity contribution in [2.45, 2.75) is 19.3 Å². The molecule has 0 saturated heterocycles. The molecule has 0 aliphatic heterocycles. The van der Waals surface area contributed by atoms with Gasteiger partial charge in [-0.05, 0) is 18.1 Å². The van der Waals surface area contributed by atoms with Crippen LogP contribution in [-0.4, -0.2) is 59.0 Å². The number of urea groups is 1. The van der Waals surface area contributed by atoms with E-state index in [0.29, 0.717) is 12.2 Å². The topological polar surface area (TPSA) is 70.5 Å². The number of aromatic nitrogens is 2. The van der Waals surface area contributed by atoms with Crippen molar-refractivity contribution < 1.29 is 9.59 Å². The van der Waals surface area contributed by atoms with Crippen LogP contribution in [0.2, 0.25) is 0 Å². The quantitative estimate of drug-likeness (QED) is 0.825. The van der Waals surface area contributed by atoms with Gasteiger partial charge in [0.1, 0.15) is 5.82 Å². The summed E-state index contributed by atoms with van der Waals surface area (Å²) in [6.07, 6.45) is 5.59. The third kappa shape index (κ3) is 5.34. The Morgan fingerprint density at radius 2 is 1.92 bits per heavy atom. The number of benzene rings is 1. The molecular weight excluding hydrogens is 330 g/mol. The van der Waals surface area contributed by atoms with E-state index in [-0.39, 0.29) is 18.4 Å². The van der Waals surface area contributed by atoms with Gasteiger partial charge in [0.25, 0.3) is 0 Å². The Labute approximate surface area is 154 Å². The number of nitrogens with zero attached hydrogens (tertiary/aromatic N) is 4. The fourth-order valence-electron chi connectivity index (χ4n) is 2.54. The van der Waals surface area contributed by atoms with Crippen molar-refractivity contribution in [2.24, 2.45) is 7.05 Å². The number of aryl methyl sites for hydroxylation is 2. The number of para-hydroxylation sites is 1. The van der Waals surface area contributed by atoms with Crippen LogP contribution in [0, 0.1) is 0 Å². The Kier molecular flexibility index (Phi) is 6.77. The van der Waals surface area contributed by atoms with Gasteiger partial charge in [0.2, 0.25) is 5.91 Å². The van der Waals surface area contributed by atoms with Gasteiger partial charge >= 0.3 is 6.03 Å². The summed E-state index contributed by atoms with van der Waals surface area (Å²) in [5.74, 6) is 1.00. The Morgan fingerprint density at radius 3 is 2.58 bits per heavy atom. The standard InChI is InChI=1S/C19H27N5O2/c1-22(2)18(25)14-15-8-5-6-9-16(15)21-19(26)24(4)12-7-10-17-20-11-13-23(17)3/h5-6,8-9,11,13H,7,10,12,14H2,1-4H3,(H,21,26). The van der Waals surface area contributed by atoms with Gasteiger partial charge in [-0.1, -0.05) is 18.2 Å². The van der Waals surface area contributed by atoms with Crippen LogP contribution in [0.3, 0.4) is 0 Å². The molecule has 2 rings (SSSR count). The molecule has 0 saturated carbocycles. The molecule has 1 N–H and O–H groups in total. The lowest BCUT2D eigenvalue weighted by molar-refractivity contribution is -0.127. The molecule has 26 heavy (non-hydrogen) atoms. The first-order chi connectivity index (χ1) is 12.4. The lowest BCUT2D eigenvalue weighted by atomic mass is 10.1. The second-order valence-electron chi connectivity index (χ2n) is 6.53. The van der Waals surface area contributed by atoms with Crippen LogP contribution in [0.4, 0.5) is 10.5 Å². The lowest BCUT2D eigenvalue weighted by Gasteiger charge is -2.19. The van der Waals surface area contributed by atoms with E-state index in [0.717, 1.165) is 24.2 Å². The van der Waals surface area contributed by atoms with Crippen molar-refractivity contribution in [2.75, 3.05) is 33.0 Å². The van der Waals surface area contributed by atoms with Gasteiger partial charge in [0.15, 0.2) is 0 Å². The molecule has 140 valence electrons. The predicted octanol–water partition coefficient (Wildman–Crippen LogP) is 2.15. The third-order valence-corrected chi connectivity index (χ3v) is 4.26. The summed E-state index contributed by atoms with van der Waals surface area (Å²) in [5.41, 5.74) is 1.48. The van der Waals surface area contributed by atoms with Gasteiger partial charge in [0.05, 0.1) is 6.42 Å². The van der Waals surface area contributed by atoms with E-state index in [1.165, 1.54) is 0 Å². The van der Waals surface area contributed by atoms with E-state index in [1.54, 1.807) is 37.1 Å². The summed E-state index contributed by atoms with van der Waals surface area (Å²) < 4.78 is 1.98. The minimum absolute atomic E-state index is 0.00452. The van der Waals surface area contributed by atoms with Crippen LogP contribution in [-0.2, 0) is 24.7 Å². The van der Waals surface area contributed by atoms with Gasteiger partial charge in [-0.25, -0.2) is 9.78 Å². The van der Waals surface area contributed by atoms with Crippen molar-refractivity contribution in [3.63, 3.8) is 0 Å². The monoisotopic (exact) mass is 357 g/mol. The Bertz CT molecular complexity index is 754. The highest BCUT2D eigenvalue weighted by Crippen LogP contribution is 2.17. The number of anilines is 1. The predicted molar refractivity (Wildman–Crippen MR) is 102 cm³/mol. The fraction of sp³-hybridized carbons (Fsp3) is 0.421. The molecular formula is C19H27N5O2. The lowest BCUT2D eigenvalue weighted by Crippen LogP contribution is -2.33. The summed E-state index contributed by atoms with van der Waals surface area (Å²) in [7, 11) is 7.17. The highest BCUT2D eigenvalue weighted by atomic mass is 16.2. The van der Waals surface area contributed by atoms with E-state index in [1.807, 2.05) is 42.1 Å². The number of nitrogens with one attached hydrogen (secondary N) is 1. The molecule has 0 aliphatic carbocycles. The van der Waals surface area contributed by atoms with Crippen molar-refractivity contribution >= 4 is 17.6 Å². The number of imidazole rings is 1. The molecule has 0 radical (unpaired) electrons. The zero-order valence-corrected chi connectivity index (χ0v) is 15.9. The molecule has 0 spiro atoms. The molecule has 0 aliphatic rings. The van der Waals surface area contributed by atoms with Crippen molar-refractivity contribution in [3.05, 3.63) is 48.0 Å². The summed E-state index contributed by atoms with van der Waals surface area (Å²) in [6.45, 7) is 0.623. The number of likely N-dealkylation sites (N-methyl/N-ethyl adjacent to an activating group) is 1. The molecule has 2 aromatic rings. The van der Waals surface area contributed by atoms with Gasteiger partial charge < -0.3 is 19.7 Å². The van der Waals surface area contributed by atoms with Crippen molar-refractivity contribution in [1.82, 2.24) is 19.4 Å². The Hall–Kier alpha value is -2.83. The summed E-state index contributed by atoms with van der Waals surface area (Å²) in [6, 6.07) is 7.20. The molecule has 1 aromatic carbocycles. The number of rotatable bonds is 7. The van der Waals surface area contributed by atoms with Crippen LogP contribution < -0.4 is 5.32 Å². The average Bonchev–Trinajstić information content (AvgIpc) is 3.01. The first kappa shape index (κ1) is 19.5. The first-order valence-electron chi connectivity index (χ1n) is 8.65. The minimum atomic E-state index is -0.186. The van der Waals surface area contributed by atoms with Crippen LogP contribution >= 0.6 is 0 Å². The highest BCUT2D eigenvalue weighted by molar-refractivity contribution is 5.91. The third-order valence-electron chi connectivity index (χ3n) is 4.26. The molecule has 0 atom stereocenters. The van der Waals surface area contributed by atoms with Crippen LogP contribution in [0.1, 0.15) is 17.8 Å². The zero-order chi connectivity index (χ0) is 19.1. The molecule has 0 unspecified atom stereocenters. The van der Waals surface area contributed by atoms with E-state index >= 15 is 0 Å². The molecule has 7 heteroatoms. The molecule has 7 nitrogen and oxygen atoms in total. The van der Waals surface area contributed by atoms with Crippen LogP contribution in [0.5, 0.6) is 0 Å². The van der Waals surface area contributed by atoms with Gasteiger partial charge in [-0.15, -0.1) is 0 Å². The maximum atomic E-state index is 12.4. The van der Waals surface area contributed by atoms with Crippen molar-refractivity contribution in [1.29, 1.82) is 0 Å². The minimum Gasteiger partial charge on any atom is -0.349 e.